The summed E-state index contributed by atoms with van der Waals surface area (Å²) >= 11 is 1.44. The zero-order valence-corrected chi connectivity index (χ0v) is 12.4. The zero-order chi connectivity index (χ0) is 13.8. The standard InChI is InChI=1S/C14H22N2O2S/c1-3-5-8-16-13-10(9-6-7-9)11(15)12(19-13)14(17)18-4-2/h9,16H,3-8,15H2,1-2H3. The molecule has 1 saturated carbocycles. The van der Waals surface area contributed by atoms with Crippen molar-refractivity contribution in [1.29, 1.82) is 0 Å². The van der Waals surface area contributed by atoms with E-state index in [0.29, 0.717) is 23.1 Å². The normalized spacial score (nSPS) is 14.4. The maximum absolute atomic E-state index is 11.9. The molecule has 0 aromatic carbocycles. The summed E-state index contributed by atoms with van der Waals surface area (Å²) in [6, 6.07) is 0. The van der Waals surface area contributed by atoms with Crippen LogP contribution in [0.5, 0.6) is 0 Å². The van der Waals surface area contributed by atoms with E-state index < -0.39 is 0 Å². The molecule has 2 rings (SSSR count). The highest BCUT2D eigenvalue weighted by Crippen LogP contribution is 2.50. The Bertz CT molecular complexity index is 453. The van der Waals surface area contributed by atoms with Crippen LogP contribution in [0.4, 0.5) is 10.7 Å². The molecule has 0 spiro atoms. The van der Waals surface area contributed by atoms with E-state index in [1.54, 1.807) is 0 Å². The number of rotatable bonds is 7. The Hall–Kier alpha value is -1.23. The van der Waals surface area contributed by atoms with Crippen LogP contribution in [0.3, 0.4) is 0 Å². The highest BCUT2D eigenvalue weighted by atomic mass is 32.1. The molecule has 0 aliphatic heterocycles. The number of carbonyl (C=O) groups is 1. The summed E-state index contributed by atoms with van der Waals surface area (Å²) in [5, 5.41) is 4.49. The fourth-order valence-electron chi connectivity index (χ4n) is 2.09. The second-order valence-electron chi connectivity index (χ2n) is 4.86. The minimum absolute atomic E-state index is 0.296. The lowest BCUT2D eigenvalue weighted by Gasteiger charge is -2.06. The van der Waals surface area contributed by atoms with Gasteiger partial charge in [-0.3, -0.25) is 0 Å². The average Bonchev–Trinajstić information content (AvgIpc) is 3.15. The van der Waals surface area contributed by atoms with Gasteiger partial charge in [0.2, 0.25) is 0 Å². The lowest BCUT2D eigenvalue weighted by Crippen LogP contribution is -2.05. The van der Waals surface area contributed by atoms with Gasteiger partial charge in [-0.2, -0.15) is 0 Å². The van der Waals surface area contributed by atoms with Gasteiger partial charge in [0.15, 0.2) is 0 Å². The molecule has 1 fully saturated rings. The van der Waals surface area contributed by atoms with Crippen molar-refractivity contribution < 1.29 is 9.53 Å². The first-order chi connectivity index (χ1) is 9.19. The summed E-state index contributed by atoms with van der Waals surface area (Å²) in [6.45, 7) is 5.28. The van der Waals surface area contributed by atoms with Crippen LogP contribution in [0.25, 0.3) is 0 Å². The van der Waals surface area contributed by atoms with Gasteiger partial charge in [-0.05, 0) is 32.1 Å². The molecule has 1 aliphatic carbocycles. The smallest absolute Gasteiger partial charge is 0.350 e. The Morgan fingerprint density at radius 2 is 2.21 bits per heavy atom. The molecule has 3 N–H and O–H groups in total. The van der Waals surface area contributed by atoms with Gasteiger partial charge in [0, 0.05) is 12.1 Å². The summed E-state index contributed by atoms with van der Waals surface area (Å²) in [5.74, 6) is 0.235. The topological polar surface area (TPSA) is 64.3 Å². The van der Waals surface area contributed by atoms with Crippen molar-refractivity contribution in [3.8, 4) is 0 Å². The molecule has 0 unspecified atom stereocenters. The van der Waals surface area contributed by atoms with E-state index in [1.807, 2.05) is 6.92 Å². The molecule has 106 valence electrons. The minimum Gasteiger partial charge on any atom is -0.462 e. The number of hydrogen-bond acceptors (Lipinski definition) is 5. The molecule has 5 heteroatoms. The largest absolute Gasteiger partial charge is 0.462 e. The van der Waals surface area contributed by atoms with Crippen molar-refractivity contribution in [3.63, 3.8) is 0 Å². The zero-order valence-electron chi connectivity index (χ0n) is 11.6. The summed E-state index contributed by atoms with van der Waals surface area (Å²) in [5.41, 5.74) is 7.92. The van der Waals surface area contributed by atoms with E-state index in [0.717, 1.165) is 30.0 Å². The van der Waals surface area contributed by atoms with Crippen LogP contribution < -0.4 is 11.1 Å². The monoisotopic (exact) mass is 282 g/mol. The van der Waals surface area contributed by atoms with Gasteiger partial charge < -0.3 is 15.8 Å². The van der Waals surface area contributed by atoms with E-state index in [4.69, 9.17) is 10.5 Å². The number of carbonyl (C=O) groups excluding carboxylic acids is 1. The maximum atomic E-state index is 11.9. The van der Waals surface area contributed by atoms with Gasteiger partial charge in [-0.15, -0.1) is 11.3 Å². The molecule has 1 heterocycles. The third-order valence-corrected chi connectivity index (χ3v) is 4.40. The number of thiophene rings is 1. The van der Waals surface area contributed by atoms with Crippen LogP contribution in [0.1, 0.15) is 60.7 Å². The first-order valence-corrected chi connectivity index (χ1v) is 7.83. The lowest BCUT2D eigenvalue weighted by atomic mass is 10.1. The molecule has 1 aliphatic rings. The molecule has 1 aromatic heterocycles. The summed E-state index contributed by atoms with van der Waals surface area (Å²) in [6.07, 6.45) is 4.62. The predicted octanol–water partition coefficient (Wildman–Crippen LogP) is 3.60. The molecule has 4 nitrogen and oxygen atoms in total. The number of nitrogen functional groups attached to an aromatic ring is 1. The van der Waals surface area contributed by atoms with Crippen molar-refractivity contribution >= 4 is 28.0 Å². The summed E-state index contributed by atoms with van der Waals surface area (Å²) in [4.78, 5) is 12.4. The minimum atomic E-state index is -0.296. The van der Waals surface area contributed by atoms with Crippen molar-refractivity contribution in [2.45, 2.75) is 45.4 Å². The van der Waals surface area contributed by atoms with Crippen LogP contribution in [0.2, 0.25) is 0 Å². The third kappa shape index (κ3) is 3.21. The number of hydrogen-bond donors (Lipinski definition) is 2. The van der Waals surface area contributed by atoms with Gasteiger partial charge in [0.05, 0.1) is 17.3 Å². The summed E-state index contributed by atoms with van der Waals surface area (Å²) in [7, 11) is 0. The second-order valence-corrected chi connectivity index (χ2v) is 5.88. The van der Waals surface area contributed by atoms with Gasteiger partial charge in [0.25, 0.3) is 0 Å². The van der Waals surface area contributed by atoms with Crippen molar-refractivity contribution in [3.05, 3.63) is 10.4 Å². The molecule has 0 bridgehead atoms. The average molecular weight is 282 g/mol. The molecule has 1 aromatic rings. The van der Waals surface area contributed by atoms with Crippen molar-refractivity contribution in [1.82, 2.24) is 0 Å². The fourth-order valence-corrected chi connectivity index (χ4v) is 3.22. The first-order valence-electron chi connectivity index (χ1n) is 7.02. The van der Waals surface area contributed by atoms with Crippen LogP contribution in [-0.2, 0) is 4.74 Å². The SMILES string of the molecule is CCCCNc1sc(C(=O)OCC)c(N)c1C1CC1. The quantitative estimate of drug-likeness (QED) is 0.592. The fraction of sp³-hybridized carbons (Fsp3) is 0.643. The van der Waals surface area contributed by atoms with E-state index in [2.05, 4.69) is 12.2 Å². The molecule has 0 saturated heterocycles. The number of unbranched alkanes of at least 4 members (excludes halogenated alkanes) is 1. The van der Waals surface area contributed by atoms with Crippen LogP contribution in [0.15, 0.2) is 0 Å². The van der Waals surface area contributed by atoms with E-state index >= 15 is 0 Å². The maximum Gasteiger partial charge on any atom is 0.350 e. The van der Waals surface area contributed by atoms with Crippen molar-refractivity contribution in [2.24, 2.45) is 0 Å². The Balaban J connectivity index is 2.20. The van der Waals surface area contributed by atoms with E-state index in [-0.39, 0.29) is 5.97 Å². The molecule has 0 radical (unpaired) electrons. The number of ether oxygens (including phenoxy) is 1. The van der Waals surface area contributed by atoms with E-state index in [1.165, 1.54) is 24.2 Å². The Morgan fingerprint density at radius 1 is 1.47 bits per heavy atom. The van der Waals surface area contributed by atoms with Crippen LogP contribution in [0, 0.1) is 0 Å². The highest BCUT2D eigenvalue weighted by Gasteiger charge is 2.33. The first kappa shape index (κ1) is 14.2. The molecule has 0 amide bonds. The Morgan fingerprint density at radius 3 is 2.79 bits per heavy atom. The predicted molar refractivity (Wildman–Crippen MR) is 80.1 cm³/mol. The van der Waals surface area contributed by atoms with Crippen LogP contribution >= 0.6 is 11.3 Å². The number of anilines is 2. The number of nitrogens with two attached hydrogens (primary N) is 1. The highest BCUT2D eigenvalue weighted by molar-refractivity contribution is 7.18. The molecular formula is C14H22N2O2S. The second kappa shape index (κ2) is 6.28. The molecule has 0 atom stereocenters. The lowest BCUT2D eigenvalue weighted by molar-refractivity contribution is 0.0533. The van der Waals surface area contributed by atoms with Gasteiger partial charge in [-0.25, -0.2) is 4.79 Å². The number of esters is 1. The van der Waals surface area contributed by atoms with Gasteiger partial charge >= 0.3 is 5.97 Å². The number of nitrogens with one attached hydrogen (secondary N) is 1. The molecular weight excluding hydrogens is 260 g/mol. The Kier molecular flexibility index (Phi) is 4.69. The van der Waals surface area contributed by atoms with E-state index in [9.17, 15) is 4.79 Å². The molecule has 19 heavy (non-hydrogen) atoms. The van der Waals surface area contributed by atoms with Gasteiger partial charge in [-0.1, -0.05) is 13.3 Å². The third-order valence-electron chi connectivity index (χ3n) is 3.25. The van der Waals surface area contributed by atoms with Crippen molar-refractivity contribution in [2.75, 3.05) is 24.2 Å². The summed E-state index contributed by atoms with van der Waals surface area (Å²) < 4.78 is 5.07. The van der Waals surface area contributed by atoms with Crippen LogP contribution in [-0.4, -0.2) is 19.1 Å². The Labute approximate surface area is 118 Å². The van der Waals surface area contributed by atoms with Gasteiger partial charge in [0.1, 0.15) is 4.88 Å².